The van der Waals surface area contributed by atoms with Gasteiger partial charge in [-0.2, -0.15) is 8.42 Å². The van der Waals surface area contributed by atoms with Gasteiger partial charge in [0.1, 0.15) is 11.2 Å². The van der Waals surface area contributed by atoms with Gasteiger partial charge >= 0.3 is 12.2 Å². The second-order valence-electron chi connectivity index (χ2n) is 14.1. The van der Waals surface area contributed by atoms with Crippen LogP contribution in [0.2, 0.25) is 0 Å². The number of amides is 4. The van der Waals surface area contributed by atoms with Gasteiger partial charge in [-0.25, -0.2) is 9.59 Å². The van der Waals surface area contributed by atoms with E-state index in [2.05, 4.69) is 20.7 Å². The number of nitrogens with one attached hydrogen (secondary N) is 2. The average molecular weight is 676 g/mol. The van der Waals surface area contributed by atoms with Crippen molar-refractivity contribution < 1.29 is 41.3 Å². The fourth-order valence-corrected chi connectivity index (χ4v) is 5.92. The van der Waals surface area contributed by atoms with Gasteiger partial charge < -0.3 is 29.9 Å². The lowest BCUT2D eigenvalue weighted by Crippen LogP contribution is -2.51. The van der Waals surface area contributed by atoms with Crippen LogP contribution in [0.5, 0.6) is 0 Å². The smallest absolute Gasteiger partial charge is 0.407 e. The summed E-state index contributed by atoms with van der Waals surface area (Å²) in [5.41, 5.74) is 7.38. The molecule has 17 heteroatoms. The van der Waals surface area contributed by atoms with E-state index >= 15 is 0 Å². The number of alkyl carbamates (subject to hydrolysis) is 2. The fraction of sp³-hybridized carbons (Fsp3) is 0.862. The van der Waals surface area contributed by atoms with E-state index in [0.29, 0.717) is 38.5 Å². The number of carbonyl (C=O) groups is 4. The molecule has 2 N–H and O–H groups in total. The number of ether oxygens (including phenoxy) is 2. The molecule has 16 nitrogen and oxygen atoms in total. The van der Waals surface area contributed by atoms with E-state index in [-0.39, 0.29) is 29.7 Å². The average Bonchev–Trinajstić information content (AvgIpc) is 2.87. The second-order valence-corrected chi connectivity index (χ2v) is 15.7. The van der Waals surface area contributed by atoms with E-state index in [0.717, 1.165) is 6.26 Å². The molecule has 0 aromatic heterocycles. The van der Waals surface area contributed by atoms with Gasteiger partial charge in [0, 0.05) is 51.0 Å². The molecule has 4 amide bonds. The maximum Gasteiger partial charge on any atom is 0.407 e. The maximum atomic E-state index is 12.2. The van der Waals surface area contributed by atoms with Crippen LogP contribution in [0.4, 0.5) is 9.59 Å². The summed E-state index contributed by atoms with van der Waals surface area (Å²) < 4.78 is 38.4. The molecule has 0 aliphatic heterocycles. The van der Waals surface area contributed by atoms with E-state index in [1.807, 2.05) is 0 Å². The molecule has 2 aliphatic rings. The minimum Gasteiger partial charge on any atom is -0.444 e. The van der Waals surface area contributed by atoms with Crippen LogP contribution in [0.1, 0.15) is 80.1 Å². The molecule has 0 aromatic rings. The molecule has 2 rings (SSSR count). The SMILES string of the molecule is CN(C)C(=O)[C@H]1CC[C@@H](OS(C)(=O)=O)[C@H](NC(=O)OC(C)(C)C)C1.CN(C)C(=O)[C@H]1CC[C@H](N=[N+]=[N-])[C@H](NC(=O)OC(C)(C)C)C1. The molecular weight excluding hydrogens is 622 g/mol. The molecule has 0 unspecified atom stereocenters. The van der Waals surface area contributed by atoms with Crippen LogP contribution >= 0.6 is 0 Å². The molecule has 0 saturated heterocycles. The predicted molar refractivity (Wildman–Crippen MR) is 171 cm³/mol. The zero-order valence-electron chi connectivity index (χ0n) is 29.0. The van der Waals surface area contributed by atoms with Crippen molar-refractivity contribution in [2.24, 2.45) is 17.0 Å². The highest BCUT2D eigenvalue weighted by atomic mass is 32.2. The van der Waals surface area contributed by atoms with Crippen molar-refractivity contribution in [3.63, 3.8) is 0 Å². The Kier molecular flexibility index (Phi) is 15.1. The molecule has 2 saturated carbocycles. The highest BCUT2D eigenvalue weighted by Crippen LogP contribution is 2.30. The van der Waals surface area contributed by atoms with Crippen LogP contribution in [-0.2, 0) is 33.4 Å². The van der Waals surface area contributed by atoms with E-state index in [9.17, 15) is 27.6 Å². The number of hydrogen-bond acceptors (Lipinski definition) is 10. The van der Waals surface area contributed by atoms with Crippen molar-refractivity contribution in [3.05, 3.63) is 10.4 Å². The lowest BCUT2D eigenvalue weighted by Gasteiger charge is -2.36. The van der Waals surface area contributed by atoms with Gasteiger partial charge in [0.25, 0.3) is 10.1 Å². The molecule has 264 valence electrons. The number of hydrogen-bond donors (Lipinski definition) is 2. The van der Waals surface area contributed by atoms with Crippen LogP contribution in [0.15, 0.2) is 5.11 Å². The van der Waals surface area contributed by atoms with E-state index in [1.165, 1.54) is 4.90 Å². The van der Waals surface area contributed by atoms with Crippen molar-refractivity contribution in [3.8, 4) is 0 Å². The van der Waals surface area contributed by atoms with Gasteiger partial charge in [0.05, 0.1) is 24.4 Å². The molecule has 0 heterocycles. The van der Waals surface area contributed by atoms with Gasteiger partial charge in [-0.15, -0.1) is 0 Å². The maximum absolute atomic E-state index is 12.2. The highest BCUT2D eigenvalue weighted by Gasteiger charge is 2.39. The molecule has 0 spiro atoms. The summed E-state index contributed by atoms with van der Waals surface area (Å²) >= 11 is 0. The first-order chi connectivity index (χ1) is 20.9. The third kappa shape index (κ3) is 15.3. The Morgan fingerprint density at radius 3 is 1.57 bits per heavy atom. The molecule has 2 fully saturated rings. The molecule has 46 heavy (non-hydrogen) atoms. The van der Waals surface area contributed by atoms with Crippen LogP contribution in [-0.4, -0.2) is 112 Å². The summed E-state index contributed by atoms with van der Waals surface area (Å²) in [6, 6.07) is -1.37. The van der Waals surface area contributed by atoms with Crippen LogP contribution in [0.3, 0.4) is 0 Å². The zero-order valence-corrected chi connectivity index (χ0v) is 29.8. The van der Waals surface area contributed by atoms with Gasteiger partial charge in [-0.1, -0.05) is 5.11 Å². The van der Waals surface area contributed by atoms with Crippen molar-refractivity contribution in [2.75, 3.05) is 34.4 Å². The molecule has 0 radical (unpaired) electrons. The first-order valence-corrected chi connectivity index (χ1v) is 17.1. The Labute approximate surface area is 273 Å². The topological polar surface area (TPSA) is 209 Å². The zero-order chi connectivity index (χ0) is 35.6. The molecular formula is C29H53N7O9S. The van der Waals surface area contributed by atoms with Crippen LogP contribution < -0.4 is 10.6 Å². The first-order valence-electron chi connectivity index (χ1n) is 15.3. The molecule has 6 atom stereocenters. The number of rotatable bonds is 7. The first kappa shape index (κ1) is 40.7. The van der Waals surface area contributed by atoms with Crippen molar-refractivity contribution in [2.45, 2.75) is 115 Å². The lowest BCUT2D eigenvalue weighted by atomic mass is 9.82. The third-order valence-corrected chi connectivity index (χ3v) is 7.68. The normalized spacial score (nSPS) is 24.9. The Morgan fingerprint density at radius 1 is 0.761 bits per heavy atom. The van der Waals surface area contributed by atoms with E-state index < -0.39 is 51.7 Å². The van der Waals surface area contributed by atoms with Gasteiger partial charge in [-0.3, -0.25) is 13.8 Å². The number of azide groups is 1. The Hall–Kier alpha value is -3.30. The Balaban J connectivity index is 0.000000462. The van der Waals surface area contributed by atoms with E-state index in [1.54, 1.807) is 74.6 Å². The summed E-state index contributed by atoms with van der Waals surface area (Å²) in [6.45, 7) is 10.5. The monoisotopic (exact) mass is 675 g/mol. The largest absolute Gasteiger partial charge is 0.444 e. The van der Waals surface area contributed by atoms with Gasteiger partial charge in [0.15, 0.2) is 0 Å². The standard InChI is InChI=1S/C15H28N2O6S.C14H25N5O3/c1-15(2,3)22-14(19)16-11-9-10(13(18)17(4)5)7-8-12(11)23-24(6,20)21;1-14(2,3)22-13(21)16-11-8-9(12(20)19(4)5)6-7-10(11)17-18-15/h10-12H,7-9H2,1-6H3,(H,16,19);9-11H,6-8H2,1-5H3,(H,16,21)/t10-,11+,12+;9-,10-,11+/m00/s1. The predicted octanol–water partition coefficient (Wildman–Crippen LogP) is 3.56. The second kappa shape index (κ2) is 17.0. The molecule has 0 aromatic carbocycles. The summed E-state index contributed by atoms with van der Waals surface area (Å²) in [6.07, 6.45) is 1.86. The summed E-state index contributed by atoms with van der Waals surface area (Å²) in [5, 5.41) is 9.13. The number of carbonyl (C=O) groups excluding carboxylic acids is 4. The summed E-state index contributed by atoms with van der Waals surface area (Å²) in [4.78, 5) is 54.1. The molecule has 0 bridgehead atoms. The Bertz CT molecular complexity index is 1220. The van der Waals surface area contributed by atoms with Crippen molar-refractivity contribution in [1.29, 1.82) is 0 Å². The highest BCUT2D eigenvalue weighted by molar-refractivity contribution is 7.86. The van der Waals surface area contributed by atoms with Gasteiger partial charge in [0.2, 0.25) is 11.8 Å². The van der Waals surface area contributed by atoms with Crippen molar-refractivity contribution in [1.82, 2.24) is 20.4 Å². The minimum absolute atomic E-state index is 0.0235. The lowest BCUT2D eigenvalue weighted by molar-refractivity contribution is -0.135. The summed E-state index contributed by atoms with van der Waals surface area (Å²) in [7, 11) is 3.07. The van der Waals surface area contributed by atoms with Crippen molar-refractivity contribution >= 4 is 34.1 Å². The quantitative estimate of drug-likeness (QED) is 0.175. The molecule has 2 aliphatic carbocycles. The minimum atomic E-state index is -3.67. The van der Waals surface area contributed by atoms with Crippen LogP contribution in [0, 0.1) is 11.8 Å². The Morgan fingerprint density at radius 2 is 1.17 bits per heavy atom. The van der Waals surface area contributed by atoms with Crippen LogP contribution in [0.25, 0.3) is 10.4 Å². The van der Waals surface area contributed by atoms with Gasteiger partial charge in [-0.05, 0) is 85.6 Å². The third-order valence-electron chi connectivity index (χ3n) is 7.08. The summed E-state index contributed by atoms with van der Waals surface area (Å²) in [5.74, 6) is -0.501. The fourth-order valence-electron chi connectivity index (χ4n) is 5.25. The van der Waals surface area contributed by atoms with E-state index in [4.69, 9.17) is 19.2 Å². The number of nitrogens with zero attached hydrogens (tertiary/aromatic N) is 5.